The lowest BCUT2D eigenvalue weighted by Gasteiger charge is -2.11. The average molecular weight is 156 g/mol. The summed E-state index contributed by atoms with van der Waals surface area (Å²) >= 11 is 0. The fraction of sp³-hybridized carbons (Fsp3) is 1.00. The van der Waals surface area contributed by atoms with Crippen LogP contribution in [0.25, 0.3) is 0 Å². The van der Waals surface area contributed by atoms with E-state index >= 15 is 0 Å². The molecule has 11 heavy (non-hydrogen) atoms. The predicted molar refractivity (Wildman–Crippen MR) is 47.6 cm³/mol. The van der Waals surface area contributed by atoms with E-state index in [4.69, 9.17) is 4.74 Å². The van der Waals surface area contributed by atoms with E-state index in [9.17, 15) is 0 Å². The van der Waals surface area contributed by atoms with Crippen LogP contribution in [0, 0.1) is 11.8 Å². The minimum absolute atomic E-state index is 0.548. The molecular formula is C10H20O. The molecule has 1 nitrogen and oxygen atoms in total. The number of hydrogen-bond acceptors (Lipinski definition) is 1. The zero-order valence-corrected chi connectivity index (χ0v) is 7.97. The van der Waals surface area contributed by atoms with Crippen LogP contribution in [0.2, 0.25) is 0 Å². The van der Waals surface area contributed by atoms with Gasteiger partial charge in [0.2, 0.25) is 0 Å². The summed E-state index contributed by atoms with van der Waals surface area (Å²) in [7, 11) is 1.84. The Labute approximate surface area is 70.1 Å². The maximum atomic E-state index is 5.40. The van der Waals surface area contributed by atoms with Crippen molar-refractivity contribution in [2.75, 3.05) is 7.11 Å². The summed E-state index contributed by atoms with van der Waals surface area (Å²) in [4.78, 5) is 0. The van der Waals surface area contributed by atoms with Gasteiger partial charge in [-0.2, -0.15) is 0 Å². The van der Waals surface area contributed by atoms with E-state index in [0.29, 0.717) is 6.10 Å². The van der Waals surface area contributed by atoms with Crippen LogP contribution in [0.3, 0.4) is 0 Å². The Bertz CT molecular complexity index is 111. The monoisotopic (exact) mass is 156 g/mol. The molecule has 1 saturated carbocycles. The molecule has 0 N–H and O–H groups in total. The molecule has 1 heteroatoms. The largest absolute Gasteiger partial charge is 0.381 e. The number of hydrogen-bond donors (Lipinski definition) is 0. The van der Waals surface area contributed by atoms with Crippen molar-refractivity contribution in [2.24, 2.45) is 11.8 Å². The normalized spacial score (nSPS) is 37.9. The Morgan fingerprint density at radius 2 is 2.09 bits per heavy atom. The Hall–Kier alpha value is -0.0400. The van der Waals surface area contributed by atoms with E-state index in [-0.39, 0.29) is 0 Å². The maximum Gasteiger partial charge on any atom is 0.0599 e. The van der Waals surface area contributed by atoms with Crippen molar-refractivity contribution in [3.05, 3.63) is 0 Å². The number of methoxy groups -OCH3 is 1. The average Bonchev–Trinajstić information content (AvgIpc) is 2.32. The Morgan fingerprint density at radius 1 is 1.36 bits per heavy atom. The fourth-order valence-electron chi connectivity index (χ4n) is 2.31. The molecule has 1 aliphatic rings. The molecule has 0 aliphatic heterocycles. The van der Waals surface area contributed by atoms with Gasteiger partial charge in [-0.25, -0.2) is 0 Å². The molecule has 3 unspecified atom stereocenters. The van der Waals surface area contributed by atoms with Crippen LogP contribution in [0.1, 0.15) is 39.5 Å². The first kappa shape index (κ1) is 9.05. The minimum atomic E-state index is 0.548. The first-order chi connectivity index (χ1) is 5.27. The highest BCUT2D eigenvalue weighted by atomic mass is 16.5. The van der Waals surface area contributed by atoms with Gasteiger partial charge in [-0.1, -0.05) is 26.7 Å². The standard InChI is InChI=1S/C10H20O/c1-4-5-9-6-8(2)10(7-9)11-3/h8-10H,4-7H2,1-3H3. The molecule has 0 saturated heterocycles. The van der Waals surface area contributed by atoms with Crippen molar-refractivity contribution in [3.8, 4) is 0 Å². The number of ether oxygens (including phenoxy) is 1. The second kappa shape index (κ2) is 4.10. The molecule has 0 aromatic carbocycles. The Morgan fingerprint density at radius 3 is 2.55 bits per heavy atom. The molecule has 0 amide bonds. The second-order valence-electron chi connectivity index (χ2n) is 3.88. The molecule has 0 heterocycles. The van der Waals surface area contributed by atoms with E-state index in [0.717, 1.165) is 11.8 Å². The first-order valence-electron chi connectivity index (χ1n) is 4.80. The van der Waals surface area contributed by atoms with E-state index in [2.05, 4.69) is 13.8 Å². The third kappa shape index (κ3) is 2.19. The summed E-state index contributed by atoms with van der Waals surface area (Å²) in [5.74, 6) is 1.73. The van der Waals surface area contributed by atoms with Crippen molar-refractivity contribution < 1.29 is 4.74 Å². The van der Waals surface area contributed by atoms with Crippen LogP contribution in [0.15, 0.2) is 0 Å². The van der Waals surface area contributed by atoms with Gasteiger partial charge in [0.05, 0.1) is 6.10 Å². The molecule has 0 radical (unpaired) electrons. The maximum absolute atomic E-state index is 5.40. The van der Waals surface area contributed by atoms with Crippen LogP contribution in [-0.2, 0) is 4.74 Å². The second-order valence-corrected chi connectivity index (χ2v) is 3.88. The summed E-state index contributed by atoms with van der Waals surface area (Å²) in [6, 6.07) is 0. The van der Waals surface area contributed by atoms with E-state index in [1.807, 2.05) is 7.11 Å². The highest BCUT2D eigenvalue weighted by Crippen LogP contribution is 2.35. The molecule has 0 aromatic heterocycles. The van der Waals surface area contributed by atoms with Crippen LogP contribution >= 0.6 is 0 Å². The molecule has 1 aliphatic carbocycles. The first-order valence-corrected chi connectivity index (χ1v) is 4.80. The third-order valence-corrected chi connectivity index (χ3v) is 2.91. The SMILES string of the molecule is CCCC1CC(C)C(OC)C1. The van der Waals surface area contributed by atoms with Crippen LogP contribution in [-0.4, -0.2) is 13.2 Å². The van der Waals surface area contributed by atoms with Gasteiger partial charge in [-0.05, 0) is 24.7 Å². The van der Waals surface area contributed by atoms with Crippen molar-refractivity contribution >= 4 is 0 Å². The van der Waals surface area contributed by atoms with Gasteiger partial charge < -0.3 is 4.74 Å². The lowest BCUT2D eigenvalue weighted by molar-refractivity contribution is 0.0755. The Kier molecular flexibility index (Phi) is 3.38. The van der Waals surface area contributed by atoms with Crippen LogP contribution in [0.5, 0.6) is 0 Å². The van der Waals surface area contributed by atoms with E-state index < -0.39 is 0 Å². The molecule has 3 atom stereocenters. The molecule has 66 valence electrons. The lowest BCUT2D eigenvalue weighted by Crippen LogP contribution is -2.12. The fourth-order valence-corrected chi connectivity index (χ4v) is 2.31. The third-order valence-electron chi connectivity index (χ3n) is 2.91. The summed E-state index contributed by atoms with van der Waals surface area (Å²) in [5.41, 5.74) is 0. The van der Waals surface area contributed by atoms with Crippen molar-refractivity contribution in [3.63, 3.8) is 0 Å². The summed E-state index contributed by atoms with van der Waals surface area (Å²) in [5, 5.41) is 0. The minimum Gasteiger partial charge on any atom is -0.381 e. The summed E-state index contributed by atoms with van der Waals surface area (Å²) < 4.78 is 5.40. The number of rotatable bonds is 3. The summed E-state index contributed by atoms with van der Waals surface area (Å²) in [6.45, 7) is 4.58. The predicted octanol–water partition coefficient (Wildman–Crippen LogP) is 2.85. The van der Waals surface area contributed by atoms with Gasteiger partial charge in [-0.15, -0.1) is 0 Å². The highest BCUT2D eigenvalue weighted by molar-refractivity contribution is 4.81. The topological polar surface area (TPSA) is 9.23 Å². The van der Waals surface area contributed by atoms with Crippen LogP contribution in [0.4, 0.5) is 0 Å². The summed E-state index contributed by atoms with van der Waals surface area (Å²) in [6.07, 6.45) is 5.95. The van der Waals surface area contributed by atoms with Gasteiger partial charge in [0.15, 0.2) is 0 Å². The smallest absolute Gasteiger partial charge is 0.0599 e. The molecule has 1 rings (SSSR count). The zero-order valence-electron chi connectivity index (χ0n) is 7.97. The van der Waals surface area contributed by atoms with Crippen molar-refractivity contribution in [2.45, 2.75) is 45.6 Å². The highest BCUT2D eigenvalue weighted by Gasteiger charge is 2.30. The molecule has 0 bridgehead atoms. The van der Waals surface area contributed by atoms with Crippen LogP contribution < -0.4 is 0 Å². The van der Waals surface area contributed by atoms with Gasteiger partial charge in [0.1, 0.15) is 0 Å². The molecule has 0 aromatic rings. The van der Waals surface area contributed by atoms with Gasteiger partial charge in [0, 0.05) is 7.11 Å². The van der Waals surface area contributed by atoms with Gasteiger partial charge in [-0.3, -0.25) is 0 Å². The lowest BCUT2D eigenvalue weighted by atomic mass is 10.0. The van der Waals surface area contributed by atoms with Crippen molar-refractivity contribution in [1.29, 1.82) is 0 Å². The van der Waals surface area contributed by atoms with Crippen molar-refractivity contribution in [1.82, 2.24) is 0 Å². The van der Waals surface area contributed by atoms with E-state index in [1.165, 1.54) is 25.7 Å². The molecule has 0 spiro atoms. The van der Waals surface area contributed by atoms with E-state index in [1.54, 1.807) is 0 Å². The van der Waals surface area contributed by atoms with Gasteiger partial charge >= 0.3 is 0 Å². The molecular weight excluding hydrogens is 136 g/mol. The molecule has 1 fully saturated rings. The quantitative estimate of drug-likeness (QED) is 0.610. The Balaban J connectivity index is 2.30. The zero-order chi connectivity index (χ0) is 8.27. The van der Waals surface area contributed by atoms with Gasteiger partial charge in [0.25, 0.3) is 0 Å².